The molecule has 2 aliphatic rings. The van der Waals surface area contributed by atoms with Gasteiger partial charge in [0.05, 0.1) is 0 Å². The van der Waals surface area contributed by atoms with Crippen molar-refractivity contribution in [2.45, 2.75) is 58.1 Å². The minimum Gasteiger partial charge on any atom is -0.481 e. The SMILES string of the molecule is CC(Oc1cccc(C(C)(C)C)c1)C(=O)N1CCCC1C(=O)N1CCSCC1. The Kier molecular flexibility index (Phi) is 6.58. The molecule has 0 N–H and O–H groups in total. The Morgan fingerprint density at radius 2 is 1.89 bits per heavy atom. The van der Waals surface area contributed by atoms with E-state index in [0.717, 1.165) is 37.4 Å². The molecule has 3 rings (SSSR count). The van der Waals surface area contributed by atoms with Gasteiger partial charge in [-0.3, -0.25) is 9.59 Å². The van der Waals surface area contributed by atoms with Crippen molar-refractivity contribution in [2.24, 2.45) is 0 Å². The third-order valence-electron chi connectivity index (χ3n) is 5.50. The Balaban J connectivity index is 1.66. The lowest BCUT2D eigenvalue weighted by Gasteiger charge is -2.33. The van der Waals surface area contributed by atoms with Crippen molar-refractivity contribution in [3.8, 4) is 5.75 Å². The second kappa shape index (κ2) is 8.76. The second-order valence-corrected chi connectivity index (χ2v) is 9.89. The molecule has 0 aromatic heterocycles. The van der Waals surface area contributed by atoms with E-state index in [4.69, 9.17) is 4.74 Å². The first-order valence-electron chi connectivity index (χ1n) is 10.2. The number of nitrogens with zero attached hydrogens (tertiary/aromatic N) is 2. The lowest BCUT2D eigenvalue weighted by molar-refractivity contribution is -0.147. The summed E-state index contributed by atoms with van der Waals surface area (Å²) in [5.41, 5.74) is 1.19. The third kappa shape index (κ3) is 4.83. The van der Waals surface area contributed by atoms with Crippen LogP contribution in [-0.4, -0.2) is 64.9 Å². The summed E-state index contributed by atoms with van der Waals surface area (Å²) in [6.07, 6.45) is 1.01. The number of benzene rings is 1. The number of thioether (sulfide) groups is 1. The zero-order valence-electron chi connectivity index (χ0n) is 17.4. The molecule has 2 saturated heterocycles. The van der Waals surface area contributed by atoms with Crippen LogP contribution in [-0.2, 0) is 15.0 Å². The molecule has 1 aromatic rings. The standard InChI is InChI=1S/C22H32N2O3S/c1-16(27-18-8-5-7-17(15-18)22(2,3)4)20(25)24-10-6-9-19(24)21(26)23-11-13-28-14-12-23/h5,7-8,15-16,19H,6,9-14H2,1-4H3. The fraction of sp³-hybridized carbons (Fsp3) is 0.636. The molecule has 2 aliphatic heterocycles. The molecule has 1 aromatic carbocycles. The molecule has 154 valence electrons. The zero-order valence-corrected chi connectivity index (χ0v) is 18.3. The molecule has 2 unspecified atom stereocenters. The van der Waals surface area contributed by atoms with Gasteiger partial charge in [0.1, 0.15) is 11.8 Å². The van der Waals surface area contributed by atoms with Crippen LogP contribution in [0.15, 0.2) is 24.3 Å². The van der Waals surface area contributed by atoms with E-state index in [1.54, 1.807) is 11.8 Å². The summed E-state index contributed by atoms with van der Waals surface area (Å²) < 4.78 is 5.98. The molecule has 0 radical (unpaired) electrons. The normalized spacial score (nSPS) is 21.5. The molecular formula is C22H32N2O3S. The van der Waals surface area contributed by atoms with Crippen LogP contribution >= 0.6 is 11.8 Å². The van der Waals surface area contributed by atoms with Crippen molar-refractivity contribution >= 4 is 23.6 Å². The first-order valence-corrected chi connectivity index (χ1v) is 11.4. The largest absolute Gasteiger partial charge is 0.481 e. The van der Waals surface area contributed by atoms with E-state index in [1.165, 1.54) is 5.56 Å². The quantitative estimate of drug-likeness (QED) is 0.772. The van der Waals surface area contributed by atoms with Gasteiger partial charge in [-0.05, 0) is 42.9 Å². The van der Waals surface area contributed by atoms with Crippen molar-refractivity contribution in [1.82, 2.24) is 9.80 Å². The minimum atomic E-state index is -0.611. The highest BCUT2D eigenvalue weighted by atomic mass is 32.2. The van der Waals surface area contributed by atoms with E-state index >= 15 is 0 Å². The number of rotatable bonds is 4. The van der Waals surface area contributed by atoms with Gasteiger partial charge in [-0.1, -0.05) is 32.9 Å². The van der Waals surface area contributed by atoms with Crippen molar-refractivity contribution in [1.29, 1.82) is 0 Å². The molecule has 0 aliphatic carbocycles. The number of ether oxygens (including phenoxy) is 1. The van der Waals surface area contributed by atoms with Crippen molar-refractivity contribution in [3.05, 3.63) is 29.8 Å². The van der Waals surface area contributed by atoms with Gasteiger partial charge in [0.15, 0.2) is 6.10 Å². The predicted octanol–water partition coefficient (Wildman–Crippen LogP) is 3.32. The Morgan fingerprint density at radius 1 is 1.18 bits per heavy atom. The monoisotopic (exact) mass is 404 g/mol. The molecule has 0 saturated carbocycles. The highest BCUT2D eigenvalue weighted by Crippen LogP contribution is 2.27. The fourth-order valence-corrected chi connectivity index (χ4v) is 4.71. The summed E-state index contributed by atoms with van der Waals surface area (Å²) in [5.74, 6) is 2.67. The molecule has 0 bridgehead atoms. The predicted molar refractivity (Wildman–Crippen MR) is 114 cm³/mol. The van der Waals surface area contributed by atoms with Crippen LogP contribution in [0.4, 0.5) is 0 Å². The third-order valence-corrected chi connectivity index (χ3v) is 6.45. The fourth-order valence-electron chi connectivity index (χ4n) is 3.81. The average molecular weight is 405 g/mol. The topological polar surface area (TPSA) is 49.9 Å². The van der Waals surface area contributed by atoms with Gasteiger partial charge in [-0.25, -0.2) is 0 Å². The number of hydrogen-bond acceptors (Lipinski definition) is 4. The van der Waals surface area contributed by atoms with E-state index in [9.17, 15) is 9.59 Å². The summed E-state index contributed by atoms with van der Waals surface area (Å²) in [6.45, 7) is 10.4. The summed E-state index contributed by atoms with van der Waals surface area (Å²) in [5, 5.41) is 0. The van der Waals surface area contributed by atoms with E-state index < -0.39 is 6.10 Å². The van der Waals surface area contributed by atoms with Crippen molar-refractivity contribution in [2.75, 3.05) is 31.1 Å². The minimum absolute atomic E-state index is 0.0197. The van der Waals surface area contributed by atoms with Gasteiger partial charge in [-0.15, -0.1) is 0 Å². The molecule has 0 spiro atoms. The van der Waals surface area contributed by atoms with Gasteiger partial charge in [-0.2, -0.15) is 11.8 Å². The molecule has 2 fully saturated rings. The van der Waals surface area contributed by atoms with Gasteiger partial charge >= 0.3 is 0 Å². The molecule has 5 nitrogen and oxygen atoms in total. The van der Waals surface area contributed by atoms with Gasteiger partial charge in [0.25, 0.3) is 5.91 Å². The van der Waals surface area contributed by atoms with Crippen LogP contribution in [0.2, 0.25) is 0 Å². The first kappa shape index (κ1) is 21.0. The van der Waals surface area contributed by atoms with Gasteiger partial charge in [0.2, 0.25) is 5.91 Å². The number of carbonyl (C=O) groups is 2. The smallest absolute Gasteiger partial charge is 0.264 e. The lowest BCUT2D eigenvalue weighted by Crippen LogP contribution is -2.52. The van der Waals surface area contributed by atoms with Crippen LogP contribution in [0.3, 0.4) is 0 Å². The molecule has 28 heavy (non-hydrogen) atoms. The molecule has 2 amide bonds. The van der Waals surface area contributed by atoms with E-state index in [-0.39, 0.29) is 23.3 Å². The average Bonchev–Trinajstić information content (AvgIpc) is 3.16. The number of likely N-dealkylation sites (tertiary alicyclic amines) is 1. The maximum Gasteiger partial charge on any atom is 0.264 e. The van der Waals surface area contributed by atoms with Crippen LogP contribution in [0.1, 0.15) is 46.1 Å². The second-order valence-electron chi connectivity index (χ2n) is 8.67. The first-order chi connectivity index (χ1) is 13.3. The molecule has 2 heterocycles. The highest BCUT2D eigenvalue weighted by molar-refractivity contribution is 7.99. The molecule has 6 heteroatoms. The van der Waals surface area contributed by atoms with Crippen LogP contribution in [0, 0.1) is 0 Å². The van der Waals surface area contributed by atoms with E-state index in [0.29, 0.717) is 12.3 Å². The Hall–Kier alpha value is -1.69. The molecular weight excluding hydrogens is 372 g/mol. The van der Waals surface area contributed by atoms with Crippen molar-refractivity contribution in [3.63, 3.8) is 0 Å². The van der Waals surface area contributed by atoms with Gasteiger partial charge < -0.3 is 14.5 Å². The van der Waals surface area contributed by atoms with Crippen molar-refractivity contribution < 1.29 is 14.3 Å². The van der Waals surface area contributed by atoms with Crippen LogP contribution < -0.4 is 4.74 Å². The van der Waals surface area contributed by atoms with Crippen LogP contribution in [0.25, 0.3) is 0 Å². The van der Waals surface area contributed by atoms with Crippen LogP contribution in [0.5, 0.6) is 5.75 Å². The maximum absolute atomic E-state index is 13.1. The summed E-state index contributed by atoms with van der Waals surface area (Å²) in [4.78, 5) is 29.6. The van der Waals surface area contributed by atoms with E-state index in [1.807, 2.05) is 34.9 Å². The lowest BCUT2D eigenvalue weighted by atomic mass is 9.87. The number of hydrogen-bond donors (Lipinski definition) is 0. The molecule has 2 atom stereocenters. The zero-order chi connectivity index (χ0) is 20.3. The van der Waals surface area contributed by atoms with E-state index in [2.05, 4.69) is 26.8 Å². The Labute approximate surface area is 172 Å². The summed E-state index contributed by atoms with van der Waals surface area (Å²) in [7, 11) is 0. The summed E-state index contributed by atoms with van der Waals surface area (Å²) in [6, 6.07) is 7.59. The maximum atomic E-state index is 13.1. The Bertz CT molecular complexity index is 710. The Morgan fingerprint density at radius 3 is 2.57 bits per heavy atom. The highest BCUT2D eigenvalue weighted by Gasteiger charge is 2.38. The summed E-state index contributed by atoms with van der Waals surface area (Å²) >= 11 is 1.88. The number of amides is 2. The van der Waals surface area contributed by atoms with Gasteiger partial charge in [0, 0.05) is 31.1 Å². The number of carbonyl (C=O) groups excluding carboxylic acids is 2.